The quantitative estimate of drug-likeness (QED) is 0.429. The molecule has 8 fully saturated rings. The van der Waals surface area contributed by atoms with Gasteiger partial charge in [0.2, 0.25) is 0 Å². The zero-order valence-electron chi connectivity index (χ0n) is 21.5. The summed E-state index contributed by atoms with van der Waals surface area (Å²) in [6, 6.07) is 0. The largest absolute Gasteiger partial charge is 0.0776 e. The Morgan fingerprint density at radius 1 is 0.400 bits per heavy atom. The third-order valence-corrected chi connectivity index (χ3v) is 11.6. The lowest BCUT2D eigenvalue weighted by molar-refractivity contribution is -0.217. The molecule has 0 aromatic carbocycles. The van der Waals surface area contributed by atoms with Crippen LogP contribution in [0.3, 0.4) is 0 Å². The number of hydrogen-bond acceptors (Lipinski definition) is 0. The molecular formula is C30H56. The smallest absolute Gasteiger partial charge is 0.0259 e. The van der Waals surface area contributed by atoms with Crippen LogP contribution in [0.5, 0.6) is 0 Å². The highest BCUT2D eigenvalue weighted by atomic mass is 14.7. The molecule has 0 N–H and O–H groups in total. The van der Waals surface area contributed by atoms with Gasteiger partial charge >= 0.3 is 0 Å². The summed E-state index contributed by atoms with van der Waals surface area (Å²) >= 11 is 0. The van der Waals surface area contributed by atoms with E-state index in [0.717, 1.165) is 50.2 Å². The lowest BCUT2D eigenvalue weighted by Gasteiger charge is -2.72. The second-order valence-electron chi connectivity index (χ2n) is 15.2. The van der Waals surface area contributed by atoms with Gasteiger partial charge in [-0.15, -0.1) is 0 Å². The maximum Gasteiger partial charge on any atom is -0.0259 e. The molecule has 176 valence electrons. The fraction of sp³-hybridized carbons (Fsp3) is 1.00. The Balaban J connectivity index is 0.000000127. The first-order valence-corrected chi connectivity index (χ1v) is 13.2. The Bertz CT molecular complexity index is 549. The van der Waals surface area contributed by atoms with Crippen LogP contribution in [0.1, 0.15) is 140 Å². The second kappa shape index (κ2) is 7.25. The summed E-state index contributed by atoms with van der Waals surface area (Å²) in [5.41, 5.74) is 4.80. The first-order chi connectivity index (χ1) is 13.2. The topological polar surface area (TPSA) is 0 Å². The van der Waals surface area contributed by atoms with Crippen LogP contribution >= 0.6 is 0 Å². The van der Waals surface area contributed by atoms with Gasteiger partial charge in [-0.1, -0.05) is 69.7 Å². The summed E-state index contributed by atoms with van der Waals surface area (Å²) in [4.78, 5) is 0. The van der Waals surface area contributed by atoms with E-state index in [1.807, 2.05) is 0 Å². The SMILES string of the molecule is C.CC(C)C12CC(C)(C1)C2.CC(C)C12CC(C)(C1)C2.CC(C)C12CCC(C)(CC1)C2. The third kappa shape index (κ3) is 3.73. The predicted octanol–water partition coefficient (Wildman–Crippen LogP) is 9.91. The molecular weight excluding hydrogens is 360 g/mol. The molecule has 8 aliphatic rings. The van der Waals surface area contributed by atoms with Crippen molar-refractivity contribution >= 4 is 0 Å². The molecule has 8 saturated carbocycles. The van der Waals surface area contributed by atoms with Crippen molar-refractivity contribution in [3.8, 4) is 0 Å². The van der Waals surface area contributed by atoms with Gasteiger partial charge in [0.1, 0.15) is 0 Å². The maximum absolute atomic E-state index is 2.49. The normalized spacial score (nSPS) is 50.8. The van der Waals surface area contributed by atoms with Crippen LogP contribution in [-0.2, 0) is 0 Å². The molecule has 6 bridgehead atoms. The van der Waals surface area contributed by atoms with Crippen molar-refractivity contribution in [2.45, 2.75) is 140 Å². The fourth-order valence-electron chi connectivity index (χ4n) is 9.35. The molecule has 8 aliphatic carbocycles. The Labute approximate surface area is 190 Å². The Kier molecular flexibility index (Phi) is 5.95. The molecule has 0 radical (unpaired) electrons. The first-order valence-electron chi connectivity index (χ1n) is 13.2. The van der Waals surface area contributed by atoms with Gasteiger partial charge in [0.25, 0.3) is 0 Å². The van der Waals surface area contributed by atoms with Gasteiger partial charge in [0.15, 0.2) is 0 Å². The molecule has 0 aromatic rings. The van der Waals surface area contributed by atoms with Crippen LogP contribution in [0.25, 0.3) is 0 Å². The standard InChI is InChI=1S/C11H20.2C9H16.CH4/c1-9(2)11-6-4-10(3,8-11)5-7-11;2*1-7(2)9-4-8(3,5-9)6-9;/h9H,4-8H2,1-3H3;2*7H,4-6H2,1-3H3;1H4. The maximum atomic E-state index is 2.49. The lowest BCUT2D eigenvalue weighted by Crippen LogP contribution is -2.62. The molecule has 0 amide bonds. The van der Waals surface area contributed by atoms with Crippen molar-refractivity contribution in [1.82, 2.24) is 0 Å². The van der Waals surface area contributed by atoms with Crippen LogP contribution < -0.4 is 0 Å². The van der Waals surface area contributed by atoms with E-state index in [-0.39, 0.29) is 7.43 Å². The Hall–Kier alpha value is 0. The molecule has 0 aliphatic heterocycles. The summed E-state index contributed by atoms with van der Waals surface area (Å²) in [7, 11) is 0. The molecule has 0 heterocycles. The van der Waals surface area contributed by atoms with E-state index in [9.17, 15) is 0 Å². The van der Waals surface area contributed by atoms with E-state index in [1.54, 1.807) is 0 Å². The fourth-order valence-corrected chi connectivity index (χ4v) is 9.35. The molecule has 0 saturated heterocycles. The van der Waals surface area contributed by atoms with Gasteiger partial charge < -0.3 is 0 Å². The summed E-state index contributed by atoms with van der Waals surface area (Å²) < 4.78 is 0. The van der Waals surface area contributed by atoms with Gasteiger partial charge in [-0.25, -0.2) is 0 Å². The van der Waals surface area contributed by atoms with Crippen LogP contribution in [0, 0.1) is 50.2 Å². The summed E-state index contributed by atoms with van der Waals surface area (Å²) in [5, 5.41) is 0. The minimum absolute atomic E-state index is 0. The monoisotopic (exact) mass is 416 g/mol. The molecule has 8 rings (SSSR count). The summed E-state index contributed by atoms with van der Waals surface area (Å²) in [5.74, 6) is 2.81. The molecule has 0 atom stereocenters. The highest BCUT2D eigenvalue weighted by Crippen LogP contribution is 2.76. The van der Waals surface area contributed by atoms with Crippen LogP contribution in [0.2, 0.25) is 0 Å². The molecule has 0 heteroatoms. The molecule has 0 nitrogen and oxygen atoms in total. The van der Waals surface area contributed by atoms with Crippen LogP contribution in [0.4, 0.5) is 0 Å². The molecule has 0 aromatic heterocycles. The highest BCUT2D eigenvalue weighted by molar-refractivity contribution is 5.16. The summed E-state index contributed by atoms with van der Waals surface area (Å²) in [6.07, 6.45) is 16.7. The van der Waals surface area contributed by atoms with E-state index in [2.05, 4.69) is 62.3 Å². The van der Waals surface area contributed by atoms with Gasteiger partial charge in [0.05, 0.1) is 0 Å². The average molecular weight is 417 g/mol. The molecule has 0 spiro atoms. The lowest BCUT2D eigenvalue weighted by atomic mass is 9.33. The van der Waals surface area contributed by atoms with Crippen molar-refractivity contribution in [1.29, 1.82) is 0 Å². The van der Waals surface area contributed by atoms with Crippen LogP contribution in [0.15, 0.2) is 0 Å². The third-order valence-electron chi connectivity index (χ3n) is 11.6. The Morgan fingerprint density at radius 3 is 0.767 bits per heavy atom. The Morgan fingerprint density at radius 2 is 0.667 bits per heavy atom. The van der Waals surface area contributed by atoms with Crippen molar-refractivity contribution in [3.05, 3.63) is 0 Å². The zero-order chi connectivity index (χ0) is 21.5. The van der Waals surface area contributed by atoms with Gasteiger partial charge in [0, 0.05) is 0 Å². The van der Waals surface area contributed by atoms with Crippen molar-refractivity contribution in [2.75, 3.05) is 0 Å². The number of fused-ring (bicyclic) bond motifs is 2. The van der Waals surface area contributed by atoms with Crippen molar-refractivity contribution < 1.29 is 0 Å². The van der Waals surface area contributed by atoms with E-state index in [0.29, 0.717) is 0 Å². The predicted molar refractivity (Wildman–Crippen MR) is 134 cm³/mol. The molecule has 30 heavy (non-hydrogen) atoms. The summed E-state index contributed by atoms with van der Waals surface area (Å²) in [6.45, 7) is 21.7. The minimum Gasteiger partial charge on any atom is -0.0776 e. The van der Waals surface area contributed by atoms with Crippen molar-refractivity contribution in [3.63, 3.8) is 0 Å². The van der Waals surface area contributed by atoms with Gasteiger partial charge in [-0.2, -0.15) is 0 Å². The zero-order valence-corrected chi connectivity index (χ0v) is 21.5. The van der Waals surface area contributed by atoms with Crippen LogP contribution in [-0.4, -0.2) is 0 Å². The second-order valence-corrected chi connectivity index (χ2v) is 15.2. The van der Waals surface area contributed by atoms with E-state index in [1.165, 1.54) is 70.6 Å². The van der Waals surface area contributed by atoms with E-state index >= 15 is 0 Å². The first kappa shape index (κ1) is 24.6. The van der Waals surface area contributed by atoms with Crippen molar-refractivity contribution in [2.24, 2.45) is 50.2 Å². The highest BCUT2D eigenvalue weighted by Gasteiger charge is 2.66. The average Bonchev–Trinajstić information content (AvgIpc) is 3.03. The van der Waals surface area contributed by atoms with E-state index in [4.69, 9.17) is 0 Å². The van der Waals surface area contributed by atoms with Gasteiger partial charge in [-0.05, 0) is 121 Å². The molecule has 0 unspecified atom stereocenters. The van der Waals surface area contributed by atoms with Gasteiger partial charge in [-0.3, -0.25) is 0 Å². The number of hydrogen-bond donors (Lipinski definition) is 0. The number of rotatable bonds is 3. The van der Waals surface area contributed by atoms with E-state index < -0.39 is 0 Å². The minimum atomic E-state index is 0.